The molecule has 0 saturated carbocycles. The lowest BCUT2D eigenvalue weighted by Gasteiger charge is -2.17. The van der Waals surface area contributed by atoms with Gasteiger partial charge in [-0.2, -0.15) is 0 Å². The maximum atomic E-state index is 11.4. The molecule has 3 aromatic carbocycles. The number of carbonyl (C=O) groups excluding carboxylic acids is 1. The summed E-state index contributed by atoms with van der Waals surface area (Å²) >= 11 is 0. The second kappa shape index (κ2) is 7.77. The van der Waals surface area contributed by atoms with Gasteiger partial charge in [0.15, 0.2) is 0 Å². The van der Waals surface area contributed by atoms with Crippen molar-refractivity contribution in [3.8, 4) is 11.1 Å². The summed E-state index contributed by atoms with van der Waals surface area (Å²) in [4.78, 5) is 11.4. The lowest BCUT2D eigenvalue weighted by atomic mass is 9.91. The van der Waals surface area contributed by atoms with Gasteiger partial charge >= 0.3 is 5.97 Å². The minimum Gasteiger partial charge on any atom is -0.469 e. The van der Waals surface area contributed by atoms with Crippen LogP contribution in [0.15, 0.2) is 78.9 Å². The Bertz CT molecular complexity index is 841. The maximum Gasteiger partial charge on any atom is 0.309 e. The van der Waals surface area contributed by atoms with Crippen LogP contribution in [0.4, 0.5) is 0 Å². The van der Waals surface area contributed by atoms with Crippen molar-refractivity contribution in [3.05, 3.63) is 95.6 Å². The molecule has 0 saturated heterocycles. The first-order chi connectivity index (χ1) is 12.2. The van der Waals surface area contributed by atoms with Crippen LogP contribution < -0.4 is 5.73 Å². The summed E-state index contributed by atoms with van der Waals surface area (Å²) in [5.41, 5.74) is 11.8. The molecule has 0 heterocycles. The van der Waals surface area contributed by atoms with E-state index >= 15 is 0 Å². The molecule has 2 N–H and O–H groups in total. The summed E-state index contributed by atoms with van der Waals surface area (Å²) in [6.45, 7) is 0. The van der Waals surface area contributed by atoms with Crippen molar-refractivity contribution >= 4 is 5.97 Å². The average molecular weight is 331 g/mol. The first-order valence-electron chi connectivity index (χ1n) is 8.24. The fraction of sp³-hybridized carbons (Fsp3) is 0.136. The van der Waals surface area contributed by atoms with E-state index in [9.17, 15) is 4.79 Å². The number of ether oxygens (including phenoxy) is 1. The molecule has 0 aliphatic rings. The maximum absolute atomic E-state index is 11.4. The number of hydrogen-bond donors (Lipinski definition) is 1. The van der Waals surface area contributed by atoms with Crippen molar-refractivity contribution in [2.24, 2.45) is 5.73 Å². The Labute approximate surface area is 148 Å². The highest BCUT2D eigenvalue weighted by Gasteiger charge is 2.14. The number of benzene rings is 3. The highest BCUT2D eigenvalue weighted by molar-refractivity contribution is 5.72. The van der Waals surface area contributed by atoms with Gasteiger partial charge in [0.05, 0.1) is 19.6 Å². The van der Waals surface area contributed by atoms with E-state index in [1.54, 1.807) is 0 Å². The first kappa shape index (κ1) is 16.9. The molecule has 3 nitrogen and oxygen atoms in total. The van der Waals surface area contributed by atoms with Crippen LogP contribution in [0.25, 0.3) is 11.1 Å². The van der Waals surface area contributed by atoms with Crippen molar-refractivity contribution < 1.29 is 9.53 Å². The zero-order valence-corrected chi connectivity index (χ0v) is 14.2. The van der Waals surface area contributed by atoms with Gasteiger partial charge in [0.2, 0.25) is 0 Å². The van der Waals surface area contributed by atoms with Gasteiger partial charge in [0.1, 0.15) is 0 Å². The number of carbonyl (C=O) groups is 1. The van der Waals surface area contributed by atoms with E-state index in [2.05, 4.69) is 24.3 Å². The van der Waals surface area contributed by atoms with Crippen LogP contribution in [0.5, 0.6) is 0 Å². The molecular weight excluding hydrogens is 310 g/mol. The molecule has 0 radical (unpaired) electrons. The minimum atomic E-state index is -0.244. The lowest BCUT2D eigenvalue weighted by molar-refractivity contribution is -0.139. The molecule has 25 heavy (non-hydrogen) atoms. The number of nitrogens with two attached hydrogens (primary N) is 1. The molecule has 3 heteroatoms. The van der Waals surface area contributed by atoms with Gasteiger partial charge in [0.25, 0.3) is 0 Å². The predicted molar refractivity (Wildman–Crippen MR) is 100 cm³/mol. The summed E-state index contributed by atoms with van der Waals surface area (Å²) in [6, 6.07) is 26.0. The first-order valence-corrected chi connectivity index (χ1v) is 8.24. The van der Waals surface area contributed by atoms with E-state index in [4.69, 9.17) is 10.5 Å². The van der Waals surface area contributed by atoms with Gasteiger partial charge in [-0.15, -0.1) is 0 Å². The van der Waals surface area contributed by atoms with Gasteiger partial charge < -0.3 is 10.5 Å². The van der Waals surface area contributed by atoms with E-state index in [0.717, 1.165) is 27.8 Å². The Morgan fingerprint density at radius 1 is 0.920 bits per heavy atom. The van der Waals surface area contributed by atoms with Crippen LogP contribution in [0, 0.1) is 0 Å². The molecular formula is C22H21NO2. The fourth-order valence-corrected chi connectivity index (χ4v) is 2.91. The van der Waals surface area contributed by atoms with Crippen molar-refractivity contribution in [2.45, 2.75) is 12.5 Å². The summed E-state index contributed by atoms with van der Waals surface area (Å²) in [5.74, 6) is -0.244. The monoisotopic (exact) mass is 331 g/mol. The molecule has 0 aliphatic heterocycles. The highest BCUT2D eigenvalue weighted by Crippen LogP contribution is 2.30. The summed E-state index contributed by atoms with van der Waals surface area (Å²) < 4.78 is 4.70. The van der Waals surface area contributed by atoms with Crippen LogP contribution in [-0.2, 0) is 16.0 Å². The van der Waals surface area contributed by atoms with Gasteiger partial charge in [-0.25, -0.2) is 0 Å². The van der Waals surface area contributed by atoms with Gasteiger partial charge in [-0.05, 0) is 27.8 Å². The van der Waals surface area contributed by atoms with Crippen LogP contribution in [0.2, 0.25) is 0 Å². The Hall–Kier alpha value is -2.91. The molecule has 0 aromatic heterocycles. The number of esters is 1. The second-order valence-corrected chi connectivity index (χ2v) is 5.93. The topological polar surface area (TPSA) is 52.3 Å². The van der Waals surface area contributed by atoms with Gasteiger partial charge in [0, 0.05) is 0 Å². The zero-order chi connectivity index (χ0) is 17.6. The van der Waals surface area contributed by atoms with Gasteiger partial charge in [-0.3, -0.25) is 4.79 Å². The van der Waals surface area contributed by atoms with Crippen LogP contribution >= 0.6 is 0 Å². The normalized spacial score (nSPS) is 11.8. The highest BCUT2D eigenvalue weighted by atomic mass is 16.5. The van der Waals surface area contributed by atoms with Crippen molar-refractivity contribution in [2.75, 3.05) is 7.11 Å². The quantitative estimate of drug-likeness (QED) is 0.716. The van der Waals surface area contributed by atoms with Crippen LogP contribution in [0.3, 0.4) is 0 Å². The SMILES string of the molecule is COC(=O)Cc1ccc(C(N)c2ccccc2-c2ccccc2)cc1. The van der Waals surface area contributed by atoms with Crippen molar-refractivity contribution in [3.63, 3.8) is 0 Å². The van der Waals surface area contributed by atoms with Gasteiger partial charge in [-0.1, -0.05) is 78.9 Å². The third-order valence-corrected chi connectivity index (χ3v) is 4.30. The summed E-state index contributed by atoms with van der Waals surface area (Å²) in [6.07, 6.45) is 0.270. The molecule has 3 aromatic rings. The Morgan fingerprint density at radius 2 is 1.56 bits per heavy atom. The summed E-state index contributed by atoms with van der Waals surface area (Å²) in [5, 5.41) is 0. The third-order valence-electron chi connectivity index (χ3n) is 4.30. The Morgan fingerprint density at radius 3 is 2.24 bits per heavy atom. The number of hydrogen-bond acceptors (Lipinski definition) is 3. The minimum absolute atomic E-state index is 0.233. The molecule has 0 spiro atoms. The Balaban J connectivity index is 1.89. The molecule has 3 rings (SSSR count). The third kappa shape index (κ3) is 3.95. The molecule has 126 valence electrons. The van der Waals surface area contributed by atoms with Crippen molar-refractivity contribution in [1.82, 2.24) is 0 Å². The lowest BCUT2D eigenvalue weighted by Crippen LogP contribution is -2.13. The molecule has 0 fully saturated rings. The molecule has 1 atom stereocenters. The standard InChI is InChI=1S/C22H21NO2/c1-25-21(24)15-16-11-13-18(14-12-16)22(23)20-10-6-5-9-19(20)17-7-3-2-4-8-17/h2-14,22H,15,23H2,1H3. The van der Waals surface area contributed by atoms with E-state index in [0.29, 0.717) is 0 Å². The predicted octanol–water partition coefficient (Wildman–Crippen LogP) is 4.12. The van der Waals surface area contributed by atoms with E-state index in [1.807, 2.05) is 54.6 Å². The second-order valence-electron chi connectivity index (χ2n) is 5.93. The molecule has 0 amide bonds. The zero-order valence-electron chi connectivity index (χ0n) is 14.2. The molecule has 0 aliphatic carbocycles. The number of rotatable bonds is 5. The average Bonchev–Trinajstić information content (AvgIpc) is 2.68. The van der Waals surface area contributed by atoms with E-state index in [-0.39, 0.29) is 18.4 Å². The van der Waals surface area contributed by atoms with Crippen molar-refractivity contribution in [1.29, 1.82) is 0 Å². The summed E-state index contributed by atoms with van der Waals surface area (Å²) in [7, 11) is 1.40. The largest absolute Gasteiger partial charge is 0.469 e. The smallest absolute Gasteiger partial charge is 0.309 e. The van der Waals surface area contributed by atoms with E-state index < -0.39 is 0 Å². The number of methoxy groups -OCH3 is 1. The molecule has 1 unspecified atom stereocenters. The fourth-order valence-electron chi connectivity index (χ4n) is 2.91. The Kier molecular flexibility index (Phi) is 5.26. The van der Waals surface area contributed by atoms with E-state index in [1.165, 1.54) is 7.11 Å². The van der Waals surface area contributed by atoms with Crippen LogP contribution in [-0.4, -0.2) is 13.1 Å². The molecule has 0 bridgehead atoms. The van der Waals surface area contributed by atoms with Crippen LogP contribution in [0.1, 0.15) is 22.7 Å².